The maximum absolute atomic E-state index is 14.4. The highest BCUT2D eigenvalue weighted by molar-refractivity contribution is 6.33. The molecule has 0 bridgehead atoms. The van der Waals surface area contributed by atoms with Crippen molar-refractivity contribution in [3.63, 3.8) is 0 Å². The van der Waals surface area contributed by atoms with Gasteiger partial charge in [0.15, 0.2) is 0 Å². The zero-order valence-corrected chi connectivity index (χ0v) is 17.7. The fourth-order valence-electron chi connectivity index (χ4n) is 3.13. The second-order valence-electron chi connectivity index (χ2n) is 6.77. The third-order valence-corrected chi connectivity index (χ3v) is 5.29. The number of aryl methyl sites for hydroxylation is 1. The van der Waals surface area contributed by atoms with Crippen LogP contribution in [0.25, 0.3) is 11.3 Å². The molecule has 1 heterocycles. The number of likely N-dealkylation sites (N-methyl/N-ethyl adjacent to an activating group) is 1. The molecule has 1 N–H and O–H groups in total. The molecule has 0 aliphatic heterocycles. The number of carbonyl (C=O) groups excluding carboxylic acids is 1. The van der Waals surface area contributed by atoms with E-state index < -0.39 is 11.7 Å². The normalized spacial score (nSPS) is 12.2. The van der Waals surface area contributed by atoms with E-state index in [1.165, 1.54) is 18.2 Å². The average Bonchev–Trinajstić information content (AvgIpc) is 3.04. The smallest absolute Gasteiger partial charge is 0.257 e. The molecule has 1 atom stereocenters. The van der Waals surface area contributed by atoms with Gasteiger partial charge in [0, 0.05) is 11.6 Å². The largest absolute Gasteiger partial charge is 0.360 e. The molecule has 2 aromatic carbocycles. The number of aromatic nitrogens is 1. The van der Waals surface area contributed by atoms with Crippen molar-refractivity contribution in [2.75, 3.05) is 20.6 Å². The van der Waals surface area contributed by atoms with Gasteiger partial charge < -0.3 is 14.7 Å². The fourth-order valence-corrected chi connectivity index (χ4v) is 3.64. The number of hydrogen-bond acceptors (Lipinski definition) is 4. The summed E-state index contributed by atoms with van der Waals surface area (Å²) in [6, 6.07) is 11.6. The zero-order chi connectivity index (χ0) is 21.1. The molecule has 0 aliphatic rings. The monoisotopic (exact) mass is 435 g/mol. The highest BCUT2D eigenvalue weighted by Gasteiger charge is 2.26. The molecule has 0 saturated heterocycles. The van der Waals surface area contributed by atoms with Gasteiger partial charge in [0.1, 0.15) is 22.8 Å². The number of nitrogens with zero attached hydrogens (tertiary/aromatic N) is 2. The minimum absolute atomic E-state index is 0.0337. The first kappa shape index (κ1) is 21.3. The lowest BCUT2D eigenvalue weighted by molar-refractivity contribution is 0.0941. The maximum Gasteiger partial charge on any atom is 0.257 e. The van der Waals surface area contributed by atoms with Crippen LogP contribution >= 0.6 is 23.2 Å². The Balaban J connectivity index is 1.89. The fraction of sp³-hybridized carbons (Fsp3) is 0.238. The Morgan fingerprint density at radius 2 is 1.86 bits per heavy atom. The number of halogens is 3. The van der Waals surface area contributed by atoms with E-state index in [9.17, 15) is 9.18 Å². The average molecular weight is 436 g/mol. The van der Waals surface area contributed by atoms with Gasteiger partial charge in [-0.05, 0) is 44.8 Å². The number of carbonyl (C=O) groups is 1. The molecule has 152 valence electrons. The second kappa shape index (κ2) is 8.95. The van der Waals surface area contributed by atoms with Gasteiger partial charge >= 0.3 is 0 Å². The molecule has 0 fully saturated rings. The molecule has 3 rings (SSSR count). The van der Waals surface area contributed by atoms with Crippen LogP contribution in [0.1, 0.15) is 27.7 Å². The number of benzene rings is 2. The van der Waals surface area contributed by atoms with Crippen molar-refractivity contribution >= 4 is 29.1 Å². The van der Waals surface area contributed by atoms with Gasteiger partial charge in [-0.2, -0.15) is 0 Å². The van der Waals surface area contributed by atoms with Gasteiger partial charge in [0.05, 0.1) is 16.6 Å². The zero-order valence-electron chi connectivity index (χ0n) is 16.2. The quantitative estimate of drug-likeness (QED) is 0.582. The minimum atomic E-state index is -0.581. The number of rotatable bonds is 6. The van der Waals surface area contributed by atoms with Gasteiger partial charge in [0.2, 0.25) is 0 Å². The van der Waals surface area contributed by atoms with E-state index in [1.807, 2.05) is 37.2 Å². The van der Waals surface area contributed by atoms with Crippen molar-refractivity contribution in [2.45, 2.75) is 13.0 Å². The maximum atomic E-state index is 14.4. The van der Waals surface area contributed by atoms with Gasteiger partial charge in [-0.15, -0.1) is 0 Å². The topological polar surface area (TPSA) is 58.4 Å². The molecular formula is C21H20Cl2FN3O2. The second-order valence-corrected chi connectivity index (χ2v) is 7.58. The van der Waals surface area contributed by atoms with E-state index in [4.69, 9.17) is 27.7 Å². The van der Waals surface area contributed by atoms with Crippen LogP contribution in [0.2, 0.25) is 10.0 Å². The molecule has 0 saturated carbocycles. The summed E-state index contributed by atoms with van der Waals surface area (Å²) in [4.78, 5) is 14.9. The van der Waals surface area contributed by atoms with Crippen LogP contribution in [-0.2, 0) is 0 Å². The first-order valence-electron chi connectivity index (χ1n) is 8.91. The van der Waals surface area contributed by atoms with Crippen molar-refractivity contribution in [1.29, 1.82) is 0 Å². The highest BCUT2D eigenvalue weighted by Crippen LogP contribution is 2.33. The van der Waals surface area contributed by atoms with E-state index in [2.05, 4.69) is 10.5 Å². The number of amides is 1. The van der Waals surface area contributed by atoms with E-state index in [1.54, 1.807) is 13.0 Å². The molecular weight excluding hydrogens is 416 g/mol. The Morgan fingerprint density at radius 3 is 2.52 bits per heavy atom. The van der Waals surface area contributed by atoms with Crippen LogP contribution in [-0.4, -0.2) is 36.6 Å². The van der Waals surface area contributed by atoms with Crippen molar-refractivity contribution in [2.24, 2.45) is 0 Å². The van der Waals surface area contributed by atoms with E-state index >= 15 is 0 Å². The first-order valence-corrected chi connectivity index (χ1v) is 9.66. The molecule has 29 heavy (non-hydrogen) atoms. The predicted octanol–water partition coefficient (Wildman–Crippen LogP) is 5.13. The molecule has 3 aromatic rings. The van der Waals surface area contributed by atoms with E-state index in [-0.39, 0.29) is 40.2 Å². The summed E-state index contributed by atoms with van der Waals surface area (Å²) in [5, 5.41) is 7.51. The van der Waals surface area contributed by atoms with Gasteiger partial charge in [-0.3, -0.25) is 4.79 Å². The summed E-state index contributed by atoms with van der Waals surface area (Å²) >= 11 is 12.5. The molecule has 8 heteroatoms. The van der Waals surface area contributed by atoms with Gasteiger partial charge in [-0.1, -0.05) is 52.6 Å². The van der Waals surface area contributed by atoms with Crippen LogP contribution < -0.4 is 5.32 Å². The molecule has 0 radical (unpaired) electrons. The molecule has 1 aromatic heterocycles. The van der Waals surface area contributed by atoms with Gasteiger partial charge in [-0.25, -0.2) is 4.39 Å². The molecule has 0 aliphatic carbocycles. The van der Waals surface area contributed by atoms with Gasteiger partial charge in [0.25, 0.3) is 5.91 Å². The third-order valence-electron chi connectivity index (χ3n) is 4.63. The Kier molecular flexibility index (Phi) is 6.57. The van der Waals surface area contributed by atoms with Crippen LogP contribution in [0.5, 0.6) is 0 Å². The van der Waals surface area contributed by atoms with Crippen molar-refractivity contribution in [3.8, 4) is 11.3 Å². The van der Waals surface area contributed by atoms with Crippen molar-refractivity contribution in [3.05, 3.63) is 75.2 Å². The Bertz CT molecular complexity index is 1020. The minimum Gasteiger partial charge on any atom is -0.360 e. The summed E-state index contributed by atoms with van der Waals surface area (Å²) in [6.07, 6.45) is 0. The van der Waals surface area contributed by atoms with Crippen molar-refractivity contribution < 1.29 is 13.7 Å². The van der Waals surface area contributed by atoms with Crippen molar-refractivity contribution in [1.82, 2.24) is 15.4 Å². The highest BCUT2D eigenvalue weighted by atomic mass is 35.5. The standard InChI is InChI=1S/C21H20Cl2FN3O2/c1-12-18(20(26-29-12)19-15(23)9-6-10-16(19)24)21(28)25-11-17(27(2)3)13-7-4-5-8-14(13)22/h4-10,17H,11H2,1-3H3,(H,25,28). The molecule has 1 unspecified atom stereocenters. The lowest BCUT2D eigenvalue weighted by Gasteiger charge is -2.26. The molecule has 0 spiro atoms. The third kappa shape index (κ3) is 4.45. The summed E-state index contributed by atoms with van der Waals surface area (Å²) in [5.41, 5.74) is 1.14. The summed E-state index contributed by atoms with van der Waals surface area (Å²) in [5.74, 6) is -0.741. The lowest BCUT2D eigenvalue weighted by Crippen LogP contribution is -2.35. The number of nitrogens with one attached hydrogen (secondary N) is 1. The van der Waals surface area contributed by atoms with E-state index in [0.717, 1.165) is 5.56 Å². The Hall–Kier alpha value is -2.41. The van der Waals surface area contributed by atoms with Crippen LogP contribution in [0.4, 0.5) is 4.39 Å². The summed E-state index contributed by atoms with van der Waals surface area (Å²) in [7, 11) is 3.80. The molecule has 1 amide bonds. The molecule has 5 nitrogen and oxygen atoms in total. The van der Waals surface area contributed by atoms with Crippen LogP contribution in [0.15, 0.2) is 47.0 Å². The summed E-state index contributed by atoms with van der Waals surface area (Å²) < 4.78 is 19.5. The van der Waals surface area contributed by atoms with Crippen LogP contribution in [0.3, 0.4) is 0 Å². The Labute approximate surface area is 178 Å². The Morgan fingerprint density at radius 1 is 1.17 bits per heavy atom. The first-order chi connectivity index (χ1) is 13.8. The SMILES string of the molecule is Cc1onc(-c2c(F)cccc2Cl)c1C(=O)NCC(c1ccccc1Cl)N(C)C. The van der Waals surface area contributed by atoms with Crippen LogP contribution in [0, 0.1) is 12.7 Å². The predicted molar refractivity (Wildman–Crippen MR) is 112 cm³/mol. The summed E-state index contributed by atoms with van der Waals surface area (Å²) in [6.45, 7) is 1.88. The van der Waals surface area contributed by atoms with E-state index in [0.29, 0.717) is 5.02 Å². The number of hydrogen-bond donors (Lipinski definition) is 1. The lowest BCUT2D eigenvalue weighted by atomic mass is 10.0.